The van der Waals surface area contributed by atoms with Gasteiger partial charge >= 0.3 is 0 Å². The Labute approximate surface area is 185 Å². The number of carbonyl (C=O) groups is 1. The van der Waals surface area contributed by atoms with E-state index in [1.807, 2.05) is 29.2 Å². The Balaban J connectivity index is 1.34. The molecule has 1 fully saturated rings. The van der Waals surface area contributed by atoms with Crippen molar-refractivity contribution in [1.29, 1.82) is 0 Å². The van der Waals surface area contributed by atoms with Crippen molar-refractivity contribution in [2.45, 2.75) is 33.2 Å². The molecule has 1 aliphatic rings. The molecule has 1 N–H and O–H groups in total. The van der Waals surface area contributed by atoms with Crippen LogP contribution in [0.1, 0.15) is 41.4 Å². The summed E-state index contributed by atoms with van der Waals surface area (Å²) in [7, 11) is 1.66. The van der Waals surface area contributed by atoms with Crippen LogP contribution in [-0.2, 0) is 6.54 Å². The Morgan fingerprint density at radius 2 is 1.87 bits per heavy atom. The van der Waals surface area contributed by atoms with Gasteiger partial charge < -0.3 is 14.6 Å². The minimum Gasteiger partial charge on any atom is -0.497 e. The SMILES string of the molecule is CCN(CC1CCN(Cc2ccc(C)cc2)CC1)C(=O)c1cc2cc(OC)ccc2[nH]1. The molecule has 2 aromatic carbocycles. The average Bonchev–Trinajstić information content (AvgIpc) is 3.23. The van der Waals surface area contributed by atoms with Gasteiger partial charge in [-0.05, 0) is 75.5 Å². The third-order valence-corrected chi connectivity index (χ3v) is 6.44. The van der Waals surface area contributed by atoms with Crippen molar-refractivity contribution < 1.29 is 9.53 Å². The van der Waals surface area contributed by atoms with Crippen LogP contribution in [0.25, 0.3) is 10.9 Å². The van der Waals surface area contributed by atoms with E-state index in [0.717, 1.165) is 62.2 Å². The van der Waals surface area contributed by atoms with Gasteiger partial charge in [-0.1, -0.05) is 29.8 Å². The van der Waals surface area contributed by atoms with Crippen molar-refractivity contribution in [1.82, 2.24) is 14.8 Å². The average molecular weight is 420 g/mol. The van der Waals surface area contributed by atoms with Crippen molar-refractivity contribution >= 4 is 16.8 Å². The number of H-pyrrole nitrogens is 1. The summed E-state index contributed by atoms with van der Waals surface area (Å²) in [5.74, 6) is 1.44. The number of rotatable bonds is 7. The summed E-state index contributed by atoms with van der Waals surface area (Å²) in [4.78, 5) is 21.0. The van der Waals surface area contributed by atoms with Crippen LogP contribution in [0.3, 0.4) is 0 Å². The molecule has 4 rings (SSSR count). The molecule has 0 saturated carbocycles. The first kappa shape index (κ1) is 21.4. The fourth-order valence-corrected chi connectivity index (χ4v) is 4.47. The zero-order valence-electron chi connectivity index (χ0n) is 18.9. The number of fused-ring (bicyclic) bond motifs is 1. The summed E-state index contributed by atoms with van der Waals surface area (Å²) in [6.07, 6.45) is 2.28. The number of aryl methyl sites for hydroxylation is 1. The minimum absolute atomic E-state index is 0.0831. The predicted octanol–water partition coefficient (Wildman–Crippen LogP) is 4.86. The molecule has 1 aliphatic heterocycles. The van der Waals surface area contributed by atoms with Gasteiger partial charge in [0.2, 0.25) is 0 Å². The summed E-state index contributed by atoms with van der Waals surface area (Å²) in [5, 5.41) is 1.00. The van der Waals surface area contributed by atoms with Crippen LogP contribution < -0.4 is 4.74 Å². The van der Waals surface area contributed by atoms with Crippen LogP contribution in [0, 0.1) is 12.8 Å². The smallest absolute Gasteiger partial charge is 0.270 e. The molecular formula is C26H33N3O2. The number of amides is 1. The topological polar surface area (TPSA) is 48.6 Å². The molecule has 0 bridgehead atoms. The maximum atomic E-state index is 13.2. The summed E-state index contributed by atoms with van der Waals surface area (Å²) in [5.41, 5.74) is 4.30. The number of likely N-dealkylation sites (tertiary alicyclic amines) is 1. The minimum atomic E-state index is 0.0831. The van der Waals surface area contributed by atoms with E-state index in [4.69, 9.17) is 4.74 Å². The van der Waals surface area contributed by atoms with Gasteiger partial charge in [0.15, 0.2) is 0 Å². The number of carbonyl (C=O) groups excluding carboxylic acids is 1. The maximum Gasteiger partial charge on any atom is 0.270 e. The number of hydrogen-bond acceptors (Lipinski definition) is 3. The molecule has 0 unspecified atom stereocenters. The number of piperidine rings is 1. The molecule has 0 radical (unpaired) electrons. The monoisotopic (exact) mass is 419 g/mol. The highest BCUT2D eigenvalue weighted by atomic mass is 16.5. The number of aromatic nitrogens is 1. The van der Waals surface area contributed by atoms with Crippen LogP contribution in [-0.4, -0.2) is 54.0 Å². The summed E-state index contributed by atoms with van der Waals surface area (Å²) >= 11 is 0. The molecule has 0 spiro atoms. The van der Waals surface area contributed by atoms with E-state index < -0.39 is 0 Å². The normalized spacial score (nSPS) is 15.3. The first-order valence-electron chi connectivity index (χ1n) is 11.3. The molecule has 5 heteroatoms. The number of nitrogens with zero attached hydrogens (tertiary/aromatic N) is 2. The molecule has 1 aromatic heterocycles. The van der Waals surface area contributed by atoms with E-state index in [2.05, 4.69) is 48.0 Å². The number of nitrogens with one attached hydrogen (secondary N) is 1. The first-order valence-corrected chi connectivity index (χ1v) is 11.3. The van der Waals surface area contributed by atoms with Crippen LogP contribution in [0.4, 0.5) is 0 Å². The Bertz CT molecular complexity index is 1020. The van der Waals surface area contributed by atoms with Gasteiger partial charge in [0.25, 0.3) is 5.91 Å². The van der Waals surface area contributed by atoms with Gasteiger partial charge in [-0.25, -0.2) is 0 Å². The van der Waals surface area contributed by atoms with E-state index >= 15 is 0 Å². The summed E-state index contributed by atoms with van der Waals surface area (Å²) < 4.78 is 5.30. The fourth-order valence-electron chi connectivity index (χ4n) is 4.47. The predicted molar refractivity (Wildman–Crippen MR) is 126 cm³/mol. The number of hydrogen-bond donors (Lipinski definition) is 1. The number of ether oxygens (including phenoxy) is 1. The van der Waals surface area contributed by atoms with E-state index in [1.165, 1.54) is 11.1 Å². The van der Waals surface area contributed by atoms with Crippen molar-refractivity contribution in [3.05, 3.63) is 65.4 Å². The lowest BCUT2D eigenvalue weighted by Gasteiger charge is -2.34. The highest BCUT2D eigenvalue weighted by molar-refractivity contribution is 5.98. The fraction of sp³-hybridized carbons (Fsp3) is 0.423. The third-order valence-electron chi connectivity index (χ3n) is 6.44. The molecule has 1 amide bonds. The lowest BCUT2D eigenvalue weighted by atomic mass is 9.95. The molecule has 3 aromatic rings. The molecule has 0 aliphatic carbocycles. The molecule has 1 saturated heterocycles. The Morgan fingerprint density at radius 3 is 2.55 bits per heavy atom. The van der Waals surface area contributed by atoms with Gasteiger partial charge in [-0.3, -0.25) is 9.69 Å². The second-order valence-corrected chi connectivity index (χ2v) is 8.69. The van der Waals surface area contributed by atoms with Gasteiger partial charge in [0.05, 0.1) is 7.11 Å². The maximum absolute atomic E-state index is 13.2. The lowest BCUT2D eigenvalue weighted by Crippen LogP contribution is -2.40. The zero-order valence-corrected chi connectivity index (χ0v) is 18.9. The first-order chi connectivity index (χ1) is 15.1. The Hall–Kier alpha value is -2.79. The molecule has 164 valence electrons. The Morgan fingerprint density at radius 1 is 1.13 bits per heavy atom. The van der Waals surface area contributed by atoms with Crippen LogP contribution >= 0.6 is 0 Å². The third kappa shape index (κ3) is 5.10. The number of methoxy groups -OCH3 is 1. The van der Waals surface area contributed by atoms with E-state index in [0.29, 0.717) is 11.6 Å². The van der Waals surface area contributed by atoms with Crippen molar-refractivity contribution in [3.63, 3.8) is 0 Å². The standard InChI is InChI=1S/C26H33N3O2/c1-4-29(26(30)25-16-22-15-23(31-3)9-10-24(22)27-25)18-21-11-13-28(14-12-21)17-20-7-5-19(2)6-8-20/h5-10,15-16,21,27H,4,11-14,17-18H2,1-3H3. The van der Waals surface area contributed by atoms with Gasteiger partial charge in [-0.2, -0.15) is 0 Å². The molecular weight excluding hydrogens is 386 g/mol. The van der Waals surface area contributed by atoms with E-state index in [9.17, 15) is 4.79 Å². The van der Waals surface area contributed by atoms with Crippen molar-refractivity contribution in [2.75, 3.05) is 33.3 Å². The molecule has 0 atom stereocenters. The van der Waals surface area contributed by atoms with Gasteiger partial charge in [-0.15, -0.1) is 0 Å². The van der Waals surface area contributed by atoms with Crippen LogP contribution in [0.15, 0.2) is 48.5 Å². The Kier molecular flexibility index (Phi) is 6.62. The van der Waals surface area contributed by atoms with Crippen molar-refractivity contribution in [2.24, 2.45) is 5.92 Å². The van der Waals surface area contributed by atoms with Gasteiger partial charge in [0.1, 0.15) is 11.4 Å². The molecule has 2 heterocycles. The van der Waals surface area contributed by atoms with Gasteiger partial charge in [0, 0.05) is 30.5 Å². The second-order valence-electron chi connectivity index (χ2n) is 8.69. The second kappa shape index (κ2) is 9.56. The van der Waals surface area contributed by atoms with E-state index in [1.54, 1.807) is 7.11 Å². The lowest BCUT2D eigenvalue weighted by molar-refractivity contribution is 0.0694. The van der Waals surface area contributed by atoms with Crippen molar-refractivity contribution in [3.8, 4) is 5.75 Å². The highest BCUT2D eigenvalue weighted by Crippen LogP contribution is 2.24. The summed E-state index contributed by atoms with van der Waals surface area (Å²) in [6.45, 7) is 8.95. The largest absolute Gasteiger partial charge is 0.497 e. The number of benzene rings is 2. The van der Waals surface area contributed by atoms with Crippen LogP contribution in [0.5, 0.6) is 5.75 Å². The highest BCUT2D eigenvalue weighted by Gasteiger charge is 2.24. The summed E-state index contributed by atoms with van der Waals surface area (Å²) in [6, 6.07) is 16.6. The van der Waals surface area contributed by atoms with E-state index in [-0.39, 0.29) is 5.91 Å². The number of aromatic amines is 1. The quantitative estimate of drug-likeness (QED) is 0.595. The zero-order chi connectivity index (χ0) is 21.8. The molecule has 31 heavy (non-hydrogen) atoms. The van der Waals surface area contributed by atoms with Crippen LogP contribution in [0.2, 0.25) is 0 Å². The molecule has 5 nitrogen and oxygen atoms in total.